The lowest BCUT2D eigenvalue weighted by molar-refractivity contribution is -0.117. The molecule has 4 rings (SSSR count). The van der Waals surface area contributed by atoms with Gasteiger partial charge in [0.2, 0.25) is 5.91 Å². The molecule has 1 saturated carbocycles. The lowest BCUT2D eigenvalue weighted by Gasteiger charge is -2.02. The van der Waals surface area contributed by atoms with Gasteiger partial charge in [-0.3, -0.25) is 9.89 Å². The molecule has 0 spiro atoms. The zero-order valence-corrected chi connectivity index (χ0v) is 14.8. The second-order valence-corrected chi connectivity index (χ2v) is 5.64. The normalized spacial score (nSPS) is 12.5. The number of halogens is 1. The largest absolute Gasteiger partial charge is 0.326 e. The Labute approximate surface area is 147 Å². The summed E-state index contributed by atoms with van der Waals surface area (Å²) in [6.45, 7) is 6.02. The molecule has 3 aromatic rings. The lowest BCUT2D eigenvalue weighted by atomic mass is 10.2. The molecule has 0 radical (unpaired) electrons. The quantitative estimate of drug-likeness (QED) is 0.683. The van der Waals surface area contributed by atoms with Crippen LogP contribution in [0.2, 0.25) is 0 Å². The van der Waals surface area contributed by atoms with Gasteiger partial charge in [0.05, 0.1) is 5.52 Å². The minimum Gasteiger partial charge on any atom is -0.326 e. The van der Waals surface area contributed by atoms with Crippen LogP contribution in [-0.4, -0.2) is 16.1 Å². The van der Waals surface area contributed by atoms with Crippen LogP contribution in [0.4, 0.5) is 10.1 Å². The van der Waals surface area contributed by atoms with Gasteiger partial charge in [-0.15, -0.1) is 0 Å². The molecule has 132 valence electrons. The molecule has 4 nitrogen and oxygen atoms in total. The number of rotatable bonds is 2. The molecule has 0 unspecified atom stereocenters. The summed E-state index contributed by atoms with van der Waals surface area (Å²) in [5.41, 5.74) is 2.84. The fraction of sp³-hybridized carbons (Fsp3) is 0.300. The standard InChI is InChI=1S/C10H10FNO.C8H8N2.C2H6/c11-8-3-5-9(6-4-8)12-10(13)7-1-2-7;1-6-7-4-2-3-5-8(7)10-9-6;1-2/h3-7H,1-2H2,(H,12,13);2-5H,1H3,(H,9,10);1-2H3. The third kappa shape index (κ3) is 5.41. The van der Waals surface area contributed by atoms with Crippen molar-refractivity contribution in [3.63, 3.8) is 0 Å². The molecule has 1 heterocycles. The third-order valence-electron chi connectivity index (χ3n) is 3.71. The molecule has 5 heteroatoms. The summed E-state index contributed by atoms with van der Waals surface area (Å²) in [5.74, 6) is -0.0546. The van der Waals surface area contributed by atoms with Gasteiger partial charge in [-0.2, -0.15) is 5.10 Å². The number of aromatic amines is 1. The van der Waals surface area contributed by atoms with Gasteiger partial charge in [0.15, 0.2) is 0 Å². The number of amides is 1. The average molecular weight is 341 g/mol. The molecule has 25 heavy (non-hydrogen) atoms. The van der Waals surface area contributed by atoms with Crippen molar-refractivity contribution < 1.29 is 9.18 Å². The van der Waals surface area contributed by atoms with Crippen molar-refractivity contribution in [2.24, 2.45) is 5.92 Å². The average Bonchev–Trinajstić information content (AvgIpc) is 3.44. The molecule has 2 N–H and O–H groups in total. The predicted octanol–water partition coefficient (Wildman–Crippen LogP) is 5.07. The van der Waals surface area contributed by atoms with Gasteiger partial charge in [0, 0.05) is 22.7 Å². The summed E-state index contributed by atoms with van der Waals surface area (Å²) < 4.78 is 12.5. The molecule has 1 aliphatic rings. The number of H-pyrrole nitrogens is 1. The highest BCUT2D eigenvalue weighted by Crippen LogP contribution is 2.30. The van der Waals surface area contributed by atoms with E-state index in [0.717, 1.165) is 24.1 Å². The van der Waals surface area contributed by atoms with E-state index in [1.165, 1.54) is 17.5 Å². The number of nitrogens with one attached hydrogen (secondary N) is 2. The van der Waals surface area contributed by atoms with Gasteiger partial charge in [0.25, 0.3) is 0 Å². The van der Waals surface area contributed by atoms with Crippen molar-refractivity contribution in [1.29, 1.82) is 0 Å². The SMILES string of the molecule is CC.Cc1[nH]nc2ccccc12.O=C(Nc1ccc(F)cc1)C1CC1. The Morgan fingerprint density at radius 1 is 1.12 bits per heavy atom. The van der Waals surface area contributed by atoms with Crippen molar-refractivity contribution in [2.45, 2.75) is 33.6 Å². The first-order valence-corrected chi connectivity index (χ1v) is 8.59. The second kappa shape index (κ2) is 8.97. The van der Waals surface area contributed by atoms with Crippen LogP contribution < -0.4 is 5.32 Å². The summed E-state index contributed by atoms with van der Waals surface area (Å²) in [6.07, 6.45) is 1.96. The molecule has 1 aromatic heterocycles. The number of fused-ring (bicyclic) bond motifs is 1. The summed E-state index contributed by atoms with van der Waals surface area (Å²) in [7, 11) is 0. The number of nitrogens with zero attached hydrogens (tertiary/aromatic N) is 1. The number of carbonyl (C=O) groups is 1. The summed E-state index contributed by atoms with van der Waals surface area (Å²) in [4.78, 5) is 11.3. The van der Waals surface area contributed by atoms with Gasteiger partial charge in [-0.1, -0.05) is 32.0 Å². The highest BCUT2D eigenvalue weighted by atomic mass is 19.1. The highest BCUT2D eigenvalue weighted by Gasteiger charge is 2.29. The van der Waals surface area contributed by atoms with E-state index in [1.54, 1.807) is 12.1 Å². The summed E-state index contributed by atoms with van der Waals surface area (Å²) in [5, 5.41) is 11.0. The van der Waals surface area contributed by atoms with E-state index in [0.29, 0.717) is 5.69 Å². The van der Waals surface area contributed by atoms with Gasteiger partial charge in [-0.05, 0) is 50.1 Å². The number of anilines is 1. The van der Waals surface area contributed by atoms with Crippen molar-refractivity contribution in [3.8, 4) is 0 Å². The molecule has 0 saturated heterocycles. The van der Waals surface area contributed by atoms with Crippen LogP contribution in [0.1, 0.15) is 32.4 Å². The zero-order chi connectivity index (χ0) is 18.2. The second-order valence-electron chi connectivity index (χ2n) is 5.64. The van der Waals surface area contributed by atoms with Crippen LogP contribution >= 0.6 is 0 Å². The Kier molecular flexibility index (Phi) is 6.69. The number of hydrogen-bond donors (Lipinski definition) is 2. The molecule has 2 aromatic carbocycles. The van der Waals surface area contributed by atoms with E-state index >= 15 is 0 Å². The first-order chi connectivity index (χ1) is 12.1. The van der Waals surface area contributed by atoms with Gasteiger partial charge in [-0.25, -0.2) is 4.39 Å². The molecule has 1 aliphatic carbocycles. The van der Waals surface area contributed by atoms with Crippen molar-refractivity contribution >= 4 is 22.5 Å². The van der Waals surface area contributed by atoms with E-state index in [9.17, 15) is 9.18 Å². The van der Waals surface area contributed by atoms with Crippen LogP contribution in [0.3, 0.4) is 0 Å². The smallest absolute Gasteiger partial charge is 0.227 e. The predicted molar refractivity (Wildman–Crippen MR) is 99.9 cm³/mol. The number of aryl methyl sites for hydroxylation is 1. The van der Waals surface area contributed by atoms with Crippen molar-refractivity contribution in [1.82, 2.24) is 10.2 Å². The molecule has 0 bridgehead atoms. The van der Waals surface area contributed by atoms with Crippen molar-refractivity contribution in [2.75, 3.05) is 5.32 Å². The van der Waals surface area contributed by atoms with E-state index in [2.05, 4.69) is 21.6 Å². The van der Waals surface area contributed by atoms with Crippen molar-refractivity contribution in [3.05, 3.63) is 60.0 Å². The number of para-hydroxylation sites is 1. The Balaban J connectivity index is 0.000000168. The van der Waals surface area contributed by atoms with Gasteiger partial charge in [0.1, 0.15) is 5.82 Å². The van der Waals surface area contributed by atoms with Crippen LogP contribution in [0, 0.1) is 18.7 Å². The molecule has 1 amide bonds. The van der Waals surface area contributed by atoms with Gasteiger partial charge >= 0.3 is 0 Å². The van der Waals surface area contributed by atoms with Crippen LogP contribution in [0.5, 0.6) is 0 Å². The monoisotopic (exact) mass is 341 g/mol. The summed E-state index contributed by atoms with van der Waals surface area (Å²) in [6, 6.07) is 13.9. The number of carbonyl (C=O) groups excluding carboxylic acids is 1. The van der Waals surface area contributed by atoms with Crippen LogP contribution in [-0.2, 0) is 4.79 Å². The Morgan fingerprint density at radius 2 is 1.76 bits per heavy atom. The minimum atomic E-state index is -0.288. The molecular weight excluding hydrogens is 317 g/mol. The first-order valence-electron chi connectivity index (χ1n) is 8.59. The lowest BCUT2D eigenvalue weighted by Crippen LogP contribution is -2.12. The topological polar surface area (TPSA) is 57.8 Å². The zero-order valence-electron chi connectivity index (χ0n) is 14.8. The maximum atomic E-state index is 12.5. The maximum Gasteiger partial charge on any atom is 0.227 e. The van der Waals surface area contributed by atoms with Crippen LogP contribution in [0.25, 0.3) is 10.9 Å². The number of hydrogen-bond acceptors (Lipinski definition) is 2. The Hall–Kier alpha value is -2.69. The molecular formula is C20H24FN3O. The summed E-state index contributed by atoms with van der Waals surface area (Å²) >= 11 is 0. The van der Waals surface area contributed by atoms with E-state index in [-0.39, 0.29) is 17.6 Å². The first kappa shape index (κ1) is 18.6. The van der Waals surface area contributed by atoms with Gasteiger partial charge < -0.3 is 5.32 Å². The molecule has 1 fully saturated rings. The maximum absolute atomic E-state index is 12.5. The van der Waals surface area contributed by atoms with E-state index in [4.69, 9.17) is 0 Å². The third-order valence-corrected chi connectivity index (χ3v) is 3.71. The van der Waals surface area contributed by atoms with E-state index < -0.39 is 0 Å². The fourth-order valence-electron chi connectivity index (χ4n) is 2.22. The Bertz CT molecular complexity index is 807. The molecule has 0 atom stereocenters. The number of aromatic nitrogens is 2. The fourth-order valence-corrected chi connectivity index (χ4v) is 2.22. The van der Waals surface area contributed by atoms with Crippen LogP contribution in [0.15, 0.2) is 48.5 Å². The number of benzene rings is 2. The minimum absolute atomic E-state index is 0.0478. The Morgan fingerprint density at radius 3 is 2.36 bits per heavy atom. The molecule has 0 aliphatic heterocycles. The highest BCUT2D eigenvalue weighted by molar-refractivity contribution is 5.93. The van der Waals surface area contributed by atoms with E-state index in [1.807, 2.05) is 39.0 Å².